The van der Waals surface area contributed by atoms with E-state index in [0.29, 0.717) is 0 Å². The fraction of sp³-hybridized carbons (Fsp3) is 0.214. The van der Waals surface area contributed by atoms with Crippen LogP contribution in [0.4, 0.5) is 5.69 Å². The van der Waals surface area contributed by atoms with Gasteiger partial charge in [-0.1, -0.05) is 24.3 Å². The average molecular weight is 244 g/mol. The van der Waals surface area contributed by atoms with Crippen molar-refractivity contribution >= 4 is 17.0 Å². The summed E-state index contributed by atoms with van der Waals surface area (Å²) in [4.78, 5) is 5.74. The van der Waals surface area contributed by atoms with E-state index in [9.17, 15) is 0 Å². The zero-order valence-electron chi connectivity index (χ0n) is 10.2. The van der Waals surface area contributed by atoms with E-state index in [0.717, 1.165) is 17.0 Å². The third-order valence-corrected chi connectivity index (χ3v) is 3.62. The molecule has 0 unspecified atom stereocenters. The second-order valence-corrected chi connectivity index (χ2v) is 4.79. The number of para-hydroxylation sites is 1. The molecule has 0 fully saturated rings. The van der Waals surface area contributed by atoms with E-state index in [4.69, 9.17) is 4.99 Å². The van der Waals surface area contributed by atoms with Gasteiger partial charge in [0.1, 0.15) is 0 Å². The largest absolute Gasteiger partial charge is 0.317 e. The fourth-order valence-corrected chi connectivity index (χ4v) is 2.55. The van der Waals surface area contributed by atoms with Gasteiger partial charge in [-0.3, -0.25) is 0 Å². The topological polar surface area (TPSA) is 17.3 Å². The monoisotopic (exact) mass is 244 g/mol. The van der Waals surface area contributed by atoms with Gasteiger partial charge in [0.25, 0.3) is 0 Å². The number of hydrogen-bond donors (Lipinski definition) is 0. The summed E-state index contributed by atoms with van der Waals surface area (Å²) in [6.07, 6.45) is 1.90. The lowest BCUT2D eigenvalue weighted by molar-refractivity contribution is 0.761. The summed E-state index contributed by atoms with van der Waals surface area (Å²) in [5, 5.41) is 2.13. The van der Waals surface area contributed by atoms with Gasteiger partial charge in [-0.15, -0.1) is 17.9 Å². The molecule has 0 saturated carbocycles. The lowest BCUT2D eigenvalue weighted by atomic mass is 10.2. The molecule has 0 aliphatic heterocycles. The first-order valence-corrected chi connectivity index (χ1v) is 6.46. The quantitative estimate of drug-likeness (QED) is 0.734. The highest BCUT2D eigenvalue weighted by Gasteiger charge is 2.00. The van der Waals surface area contributed by atoms with Crippen LogP contribution in [0.15, 0.2) is 47.3 Å². The minimum absolute atomic E-state index is 0.806. The Balaban J connectivity index is 2.54. The van der Waals surface area contributed by atoms with E-state index in [1.165, 1.54) is 11.3 Å². The van der Waals surface area contributed by atoms with E-state index >= 15 is 0 Å². The van der Waals surface area contributed by atoms with Crippen LogP contribution in [0.25, 0.3) is 0 Å². The molecule has 0 radical (unpaired) electrons. The molecule has 0 aliphatic carbocycles. The Morgan fingerprint density at radius 3 is 2.82 bits per heavy atom. The third-order valence-electron chi connectivity index (χ3n) is 2.63. The first-order valence-electron chi connectivity index (χ1n) is 5.58. The van der Waals surface area contributed by atoms with Gasteiger partial charge in [0.15, 0.2) is 4.80 Å². The second kappa shape index (κ2) is 5.15. The van der Waals surface area contributed by atoms with Gasteiger partial charge in [-0.2, -0.15) is 0 Å². The van der Waals surface area contributed by atoms with Gasteiger partial charge in [0.05, 0.1) is 5.69 Å². The van der Waals surface area contributed by atoms with Crippen LogP contribution in [-0.4, -0.2) is 4.57 Å². The van der Waals surface area contributed by atoms with Crippen LogP contribution < -0.4 is 4.80 Å². The molecule has 0 saturated heterocycles. The molecular weight excluding hydrogens is 228 g/mol. The summed E-state index contributed by atoms with van der Waals surface area (Å²) in [6.45, 7) is 8.76. The lowest BCUT2D eigenvalue weighted by Crippen LogP contribution is -2.14. The molecule has 0 amide bonds. The fourth-order valence-electron chi connectivity index (χ4n) is 1.65. The molecule has 88 valence electrons. The summed E-state index contributed by atoms with van der Waals surface area (Å²) >= 11 is 1.67. The Labute approximate surface area is 106 Å². The van der Waals surface area contributed by atoms with Crippen LogP contribution in [0.5, 0.6) is 0 Å². The van der Waals surface area contributed by atoms with Gasteiger partial charge in [-0.25, -0.2) is 4.99 Å². The zero-order chi connectivity index (χ0) is 12.3. The highest BCUT2D eigenvalue weighted by Crippen LogP contribution is 2.16. The summed E-state index contributed by atoms with van der Waals surface area (Å²) in [6, 6.07) is 8.18. The number of aromatic nitrogens is 1. The predicted molar refractivity (Wildman–Crippen MR) is 73.6 cm³/mol. The van der Waals surface area contributed by atoms with Crippen molar-refractivity contribution in [2.75, 3.05) is 0 Å². The first-order chi connectivity index (χ1) is 8.22. The first kappa shape index (κ1) is 11.9. The van der Waals surface area contributed by atoms with Crippen molar-refractivity contribution in [3.05, 3.63) is 58.4 Å². The minimum Gasteiger partial charge on any atom is -0.317 e. The van der Waals surface area contributed by atoms with Crippen LogP contribution in [0.2, 0.25) is 0 Å². The average Bonchev–Trinajstić information content (AvgIpc) is 2.65. The Morgan fingerprint density at radius 1 is 1.35 bits per heavy atom. The Bertz CT molecular complexity index is 590. The molecule has 3 heteroatoms. The van der Waals surface area contributed by atoms with E-state index in [2.05, 4.69) is 36.4 Å². The number of nitrogens with zero attached hydrogens (tertiary/aromatic N) is 2. The van der Waals surface area contributed by atoms with Crippen LogP contribution in [0, 0.1) is 13.8 Å². The number of benzene rings is 1. The molecule has 0 aliphatic rings. The summed E-state index contributed by atoms with van der Waals surface area (Å²) in [5.41, 5.74) is 3.46. The molecular formula is C14H16N2S. The van der Waals surface area contributed by atoms with Crippen molar-refractivity contribution in [3.63, 3.8) is 0 Å². The maximum atomic E-state index is 4.71. The highest BCUT2D eigenvalue weighted by molar-refractivity contribution is 7.07. The molecule has 1 heterocycles. The number of thiazole rings is 1. The molecule has 0 spiro atoms. The van der Waals surface area contributed by atoms with Crippen LogP contribution >= 0.6 is 11.3 Å². The third kappa shape index (κ3) is 2.56. The maximum Gasteiger partial charge on any atom is 0.190 e. The predicted octanol–water partition coefficient (Wildman–Crippen LogP) is 3.58. The molecule has 2 nitrogen and oxygen atoms in total. The summed E-state index contributed by atoms with van der Waals surface area (Å²) < 4.78 is 2.17. The van der Waals surface area contributed by atoms with Crippen molar-refractivity contribution in [3.8, 4) is 0 Å². The highest BCUT2D eigenvalue weighted by atomic mass is 32.1. The lowest BCUT2D eigenvalue weighted by Gasteiger charge is -2.02. The molecule has 0 N–H and O–H groups in total. The molecule has 17 heavy (non-hydrogen) atoms. The van der Waals surface area contributed by atoms with E-state index in [1.54, 1.807) is 11.3 Å². The van der Waals surface area contributed by atoms with Crippen LogP contribution in [0.1, 0.15) is 11.3 Å². The number of aryl methyl sites for hydroxylation is 2. The number of rotatable bonds is 3. The second-order valence-electron chi connectivity index (χ2n) is 3.96. The van der Waals surface area contributed by atoms with Gasteiger partial charge in [-0.05, 0) is 25.5 Å². The van der Waals surface area contributed by atoms with Crippen LogP contribution in [-0.2, 0) is 6.54 Å². The van der Waals surface area contributed by atoms with Gasteiger partial charge < -0.3 is 4.57 Å². The van der Waals surface area contributed by atoms with Gasteiger partial charge in [0, 0.05) is 17.6 Å². The van der Waals surface area contributed by atoms with Crippen molar-refractivity contribution in [2.45, 2.75) is 20.4 Å². The van der Waals surface area contributed by atoms with Crippen LogP contribution in [0.3, 0.4) is 0 Å². The van der Waals surface area contributed by atoms with Crippen molar-refractivity contribution < 1.29 is 0 Å². The van der Waals surface area contributed by atoms with E-state index in [-0.39, 0.29) is 0 Å². The maximum absolute atomic E-state index is 4.71. The van der Waals surface area contributed by atoms with Crippen molar-refractivity contribution in [2.24, 2.45) is 4.99 Å². The Morgan fingerprint density at radius 2 is 2.12 bits per heavy atom. The van der Waals surface area contributed by atoms with Gasteiger partial charge >= 0.3 is 0 Å². The summed E-state index contributed by atoms with van der Waals surface area (Å²) in [5.74, 6) is 0. The summed E-state index contributed by atoms with van der Waals surface area (Å²) in [7, 11) is 0. The molecule has 2 rings (SSSR count). The van der Waals surface area contributed by atoms with Crippen molar-refractivity contribution in [1.82, 2.24) is 4.57 Å². The Hall–Kier alpha value is -1.61. The van der Waals surface area contributed by atoms with E-state index in [1.807, 2.05) is 24.3 Å². The molecule has 2 aromatic rings. The standard InChI is InChI=1S/C14H16N2S/c1-4-9-16-12(3)10-17-14(16)15-13-8-6-5-7-11(13)2/h4-8,10H,1,9H2,2-3H3. The normalized spacial score (nSPS) is 11.8. The van der Waals surface area contributed by atoms with Gasteiger partial charge in [0.2, 0.25) is 0 Å². The SMILES string of the molecule is C=CCn1c(C)csc1=Nc1ccccc1C. The Kier molecular flexibility index (Phi) is 3.59. The minimum atomic E-state index is 0.806. The molecule has 1 aromatic heterocycles. The number of allylic oxidation sites excluding steroid dienone is 1. The van der Waals surface area contributed by atoms with Crippen molar-refractivity contribution in [1.29, 1.82) is 0 Å². The zero-order valence-corrected chi connectivity index (χ0v) is 11.0. The molecule has 0 bridgehead atoms. The molecule has 0 atom stereocenters. The van der Waals surface area contributed by atoms with E-state index < -0.39 is 0 Å². The number of hydrogen-bond acceptors (Lipinski definition) is 2. The molecule has 1 aromatic carbocycles. The smallest absolute Gasteiger partial charge is 0.190 e.